The number of hydrogen-bond donors (Lipinski definition) is 0. The zero-order valence-electron chi connectivity index (χ0n) is 8.12. The molecule has 0 spiro atoms. The number of sulfonamides is 1. The Morgan fingerprint density at radius 1 is 1.28 bits per heavy atom. The van der Waals surface area contributed by atoms with Crippen molar-refractivity contribution >= 4 is 33.2 Å². The van der Waals surface area contributed by atoms with Crippen LogP contribution in [0.15, 0.2) is 17.0 Å². The van der Waals surface area contributed by atoms with Crippen LogP contribution in [-0.4, -0.2) is 14.8 Å². The van der Waals surface area contributed by atoms with E-state index in [-0.39, 0.29) is 5.02 Å². The zero-order chi connectivity index (χ0) is 14.1. The molecule has 0 aliphatic carbocycles. The van der Waals surface area contributed by atoms with Crippen LogP contribution >= 0.6 is 23.2 Å². The highest BCUT2D eigenvalue weighted by atomic mass is 35.5. The van der Waals surface area contributed by atoms with E-state index in [9.17, 15) is 21.6 Å². The second kappa shape index (κ2) is 4.84. The third-order valence-corrected chi connectivity index (χ3v) is 3.53. The van der Waals surface area contributed by atoms with Gasteiger partial charge in [0, 0.05) is 0 Å². The number of rotatable bonds is 2. The number of nitrogens with zero attached hydrogens (tertiary/aromatic N) is 1. The smallest absolute Gasteiger partial charge is 0.402 e. The van der Waals surface area contributed by atoms with Crippen LogP contribution in [0.1, 0.15) is 0 Å². The van der Waals surface area contributed by atoms with E-state index in [4.69, 9.17) is 29.8 Å². The Hall–Kier alpha value is -1.17. The minimum absolute atomic E-state index is 0.333. The van der Waals surface area contributed by atoms with Gasteiger partial charge in [-0.25, -0.2) is 6.57 Å². The van der Waals surface area contributed by atoms with Crippen molar-refractivity contribution in [1.82, 2.24) is 0 Å². The molecule has 0 radical (unpaired) electrons. The monoisotopic (exact) mass is 319 g/mol. The number of halogens is 5. The molecule has 0 unspecified atom stereocenters. The normalized spacial score (nSPS) is 12.0. The van der Waals surface area contributed by atoms with Gasteiger partial charge >= 0.3 is 16.4 Å². The minimum atomic E-state index is -5.17. The largest absolute Gasteiger partial charge is 0.573 e. The Labute approximate surface area is 110 Å². The van der Waals surface area contributed by atoms with E-state index >= 15 is 0 Å². The van der Waals surface area contributed by atoms with Gasteiger partial charge in [0.1, 0.15) is 5.02 Å². The lowest BCUT2D eigenvalue weighted by molar-refractivity contribution is -0.275. The molecule has 0 saturated carbocycles. The van der Waals surface area contributed by atoms with Crippen LogP contribution in [0.3, 0.4) is 0 Å². The van der Waals surface area contributed by atoms with E-state index in [1.165, 1.54) is 0 Å². The lowest BCUT2D eigenvalue weighted by Crippen LogP contribution is -2.19. The van der Waals surface area contributed by atoms with Crippen molar-refractivity contribution in [3.63, 3.8) is 0 Å². The van der Waals surface area contributed by atoms with Gasteiger partial charge in [-0.05, 0) is 12.1 Å². The van der Waals surface area contributed by atoms with Gasteiger partial charge in [-0.15, -0.1) is 21.6 Å². The highest BCUT2D eigenvalue weighted by molar-refractivity contribution is 7.93. The van der Waals surface area contributed by atoms with Gasteiger partial charge < -0.3 is 4.74 Å². The standard InChI is InChI=1S/C8H2Cl2F3NO3S/c1-14-18(15,16)5-3-2-4(9)6(10)7(5)17-8(11,12)13/h2-3H. The molecule has 18 heavy (non-hydrogen) atoms. The molecule has 0 aromatic heterocycles. The molecule has 0 N–H and O–H groups in total. The third kappa shape index (κ3) is 3.19. The van der Waals surface area contributed by atoms with Crippen molar-refractivity contribution in [2.45, 2.75) is 11.3 Å². The van der Waals surface area contributed by atoms with Gasteiger partial charge in [-0.2, -0.15) is 4.25 Å². The Balaban J connectivity index is 3.56. The Morgan fingerprint density at radius 2 is 1.83 bits per heavy atom. The average molecular weight is 320 g/mol. The molecule has 1 rings (SSSR count). The summed E-state index contributed by atoms with van der Waals surface area (Å²) in [5.74, 6) is -1.22. The molecular formula is C8H2Cl2F3NO3S. The molecule has 0 atom stereocenters. The Bertz CT molecular complexity index is 622. The lowest BCUT2D eigenvalue weighted by Gasteiger charge is -2.12. The number of hydrogen-bond acceptors (Lipinski definition) is 3. The summed E-state index contributed by atoms with van der Waals surface area (Å²) in [4.78, 5) is -0.996. The van der Waals surface area contributed by atoms with E-state index in [2.05, 4.69) is 8.99 Å². The van der Waals surface area contributed by atoms with Crippen molar-refractivity contribution in [3.05, 3.63) is 33.0 Å². The fourth-order valence-electron chi connectivity index (χ4n) is 0.977. The maximum Gasteiger partial charge on any atom is 0.573 e. The molecule has 4 nitrogen and oxygen atoms in total. The van der Waals surface area contributed by atoms with Crippen molar-refractivity contribution in [2.75, 3.05) is 0 Å². The first-order chi connectivity index (χ1) is 8.08. The quantitative estimate of drug-likeness (QED) is 0.784. The highest BCUT2D eigenvalue weighted by Crippen LogP contribution is 2.40. The second-order valence-corrected chi connectivity index (χ2v) is 5.16. The first-order valence-electron chi connectivity index (χ1n) is 3.96. The summed E-state index contributed by atoms with van der Waals surface area (Å²) in [6.45, 7) is 6.42. The Morgan fingerprint density at radius 3 is 2.28 bits per heavy atom. The first-order valence-corrected chi connectivity index (χ1v) is 6.15. The van der Waals surface area contributed by atoms with Crippen LogP contribution < -0.4 is 4.74 Å². The zero-order valence-corrected chi connectivity index (χ0v) is 10.5. The van der Waals surface area contributed by atoms with E-state index in [1.54, 1.807) is 0 Å². The summed E-state index contributed by atoms with van der Waals surface area (Å²) >= 11 is 10.9. The van der Waals surface area contributed by atoms with E-state index < -0.39 is 32.1 Å². The molecule has 10 heteroatoms. The summed E-state index contributed by atoms with van der Waals surface area (Å²) in [7, 11) is -4.62. The molecule has 1 aromatic carbocycles. The SMILES string of the molecule is [C-]#[N+]S(=O)(=O)c1ccc(Cl)c(Cl)c1OC(F)(F)F. The van der Waals surface area contributed by atoms with E-state index in [0.717, 1.165) is 6.07 Å². The van der Waals surface area contributed by atoms with Crippen LogP contribution in [0.2, 0.25) is 10.0 Å². The highest BCUT2D eigenvalue weighted by Gasteiger charge is 2.37. The third-order valence-electron chi connectivity index (χ3n) is 1.63. The fourth-order valence-corrected chi connectivity index (χ4v) is 2.10. The topological polar surface area (TPSA) is 47.7 Å². The van der Waals surface area contributed by atoms with E-state index in [1.807, 2.05) is 0 Å². The van der Waals surface area contributed by atoms with Crippen molar-refractivity contribution < 1.29 is 26.3 Å². The van der Waals surface area contributed by atoms with E-state index in [0.29, 0.717) is 6.07 Å². The van der Waals surface area contributed by atoms with Gasteiger partial charge in [-0.1, -0.05) is 23.2 Å². The van der Waals surface area contributed by atoms with Gasteiger partial charge in [0.15, 0.2) is 10.6 Å². The molecule has 0 fully saturated rings. The maximum absolute atomic E-state index is 12.1. The van der Waals surface area contributed by atoms with Crippen molar-refractivity contribution in [3.8, 4) is 5.75 Å². The number of ether oxygens (including phenoxy) is 1. The summed E-state index contributed by atoms with van der Waals surface area (Å²) in [5.41, 5.74) is 0. The summed E-state index contributed by atoms with van der Waals surface area (Å²) in [5, 5.41) is -1.07. The molecular weight excluding hydrogens is 318 g/mol. The summed E-state index contributed by atoms with van der Waals surface area (Å²) in [6.07, 6.45) is -5.17. The lowest BCUT2D eigenvalue weighted by atomic mass is 10.3. The molecule has 0 saturated heterocycles. The van der Waals surface area contributed by atoms with Gasteiger partial charge in [0.05, 0.1) is 5.02 Å². The summed E-state index contributed by atoms with van der Waals surface area (Å²) in [6, 6.07) is 1.66. The number of alkyl halides is 3. The molecule has 98 valence electrons. The number of benzene rings is 1. The van der Waals surface area contributed by atoms with Gasteiger partial charge in [-0.3, -0.25) is 0 Å². The average Bonchev–Trinajstić information content (AvgIpc) is 2.23. The molecule has 1 aromatic rings. The fraction of sp³-hybridized carbons (Fsp3) is 0.125. The van der Waals surface area contributed by atoms with Crippen molar-refractivity contribution in [1.29, 1.82) is 0 Å². The first kappa shape index (κ1) is 14.9. The molecule has 0 aliphatic rings. The molecule has 0 aliphatic heterocycles. The second-order valence-electron chi connectivity index (χ2n) is 2.80. The van der Waals surface area contributed by atoms with Crippen LogP contribution in [0, 0.1) is 6.57 Å². The van der Waals surface area contributed by atoms with Gasteiger partial charge in [0.2, 0.25) is 0 Å². The predicted octanol–water partition coefficient (Wildman–Crippen LogP) is 3.50. The van der Waals surface area contributed by atoms with Crippen LogP contribution in [-0.2, 0) is 10.0 Å². The maximum atomic E-state index is 12.1. The summed E-state index contributed by atoms with van der Waals surface area (Å²) < 4.78 is 64.6. The van der Waals surface area contributed by atoms with Gasteiger partial charge in [0.25, 0.3) is 0 Å². The molecule has 0 amide bonds. The van der Waals surface area contributed by atoms with Crippen molar-refractivity contribution in [2.24, 2.45) is 0 Å². The Kier molecular flexibility index (Phi) is 4.00. The van der Waals surface area contributed by atoms with Crippen LogP contribution in [0.5, 0.6) is 5.75 Å². The van der Waals surface area contributed by atoms with Crippen LogP contribution in [0.4, 0.5) is 13.2 Å². The molecule has 0 heterocycles. The predicted molar refractivity (Wildman–Crippen MR) is 56.9 cm³/mol. The van der Waals surface area contributed by atoms with Crippen LogP contribution in [0.25, 0.3) is 4.25 Å². The molecule has 0 bridgehead atoms. The minimum Gasteiger partial charge on any atom is -0.402 e.